The fourth-order valence-electron chi connectivity index (χ4n) is 2.56. The number of nitrogens with one attached hydrogen (secondary N) is 1. The zero-order valence-corrected chi connectivity index (χ0v) is 10.2. The Balaban J connectivity index is 1.78. The number of anilines is 2. The lowest BCUT2D eigenvalue weighted by Gasteiger charge is -2.16. The molecule has 0 unspecified atom stereocenters. The molecule has 2 aromatic heterocycles. The van der Waals surface area contributed by atoms with Gasteiger partial charge in [-0.25, -0.2) is 15.0 Å². The summed E-state index contributed by atoms with van der Waals surface area (Å²) in [4.78, 5) is 18.0. The number of nitrogens with zero attached hydrogens (tertiary/aromatic N) is 4. The van der Waals surface area contributed by atoms with Crippen molar-refractivity contribution in [3.05, 3.63) is 42.0 Å². The van der Waals surface area contributed by atoms with E-state index in [2.05, 4.69) is 30.9 Å². The smallest absolute Gasteiger partial charge is 0.182 e. The van der Waals surface area contributed by atoms with Gasteiger partial charge < -0.3 is 15.6 Å². The first-order valence-corrected chi connectivity index (χ1v) is 6.07. The number of nitrogen functional groups attached to an aromatic ring is 1. The Morgan fingerprint density at radius 3 is 2.95 bits per heavy atom. The van der Waals surface area contributed by atoms with Crippen molar-refractivity contribution in [2.24, 2.45) is 0 Å². The maximum atomic E-state index is 5.83. The first-order valence-electron chi connectivity index (χ1n) is 6.07. The van der Waals surface area contributed by atoms with Crippen LogP contribution >= 0.6 is 0 Å². The van der Waals surface area contributed by atoms with E-state index in [0.29, 0.717) is 5.65 Å². The lowest BCUT2D eigenvalue weighted by Crippen LogP contribution is -2.16. The van der Waals surface area contributed by atoms with Gasteiger partial charge >= 0.3 is 0 Å². The van der Waals surface area contributed by atoms with Gasteiger partial charge in [-0.05, 0) is 23.3 Å². The summed E-state index contributed by atoms with van der Waals surface area (Å²) in [6.45, 7) is 1.65. The third-order valence-electron chi connectivity index (χ3n) is 3.46. The van der Waals surface area contributed by atoms with Gasteiger partial charge in [0.05, 0.1) is 6.33 Å². The molecule has 0 aliphatic carbocycles. The molecular formula is C13H12N6. The molecule has 3 heterocycles. The van der Waals surface area contributed by atoms with Crippen LogP contribution in [0.15, 0.2) is 30.9 Å². The normalized spacial score (nSPS) is 14.0. The maximum Gasteiger partial charge on any atom is 0.182 e. The summed E-state index contributed by atoms with van der Waals surface area (Å²) in [5, 5.41) is 0. The molecule has 0 saturated carbocycles. The number of hydrogen-bond donors (Lipinski definition) is 2. The van der Waals surface area contributed by atoms with E-state index in [1.807, 2.05) is 12.1 Å². The SMILES string of the molecule is Nc1ccc2c(c1)CN(c1ncnc3nc[nH]c13)C2. The van der Waals surface area contributed by atoms with Crippen molar-refractivity contribution in [1.29, 1.82) is 0 Å². The molecular weight excluding hydrogens is 240 g/mol. The Labute approximate surface area is 109 Å². The van der Waals surface area contributed by atoms with Gasteiger partial charge in [0, 0.05) is 18.8 Å². The minimum absolute atomic E-state index is 0.695. The van der Waals surface area contributed by atoms with Gasteiger partial charge in [-0.3, -0.25) is 0 Å². The van der Waals surface area contributed by atoms with Crippen LogP contribution in [0.4, 0.5) is 11.5 Å². The number of H-pyrrole nitrogens is 1. The van der Waals surface area contributed by atoms with Crippen molar-refractivity contribution in [1.82, 2.24) is 19.9 Å². The molecule has 0 amide bonds. The number of nitrogens with two attached hydrogens (primary N) is 1. The van der Waals surface area contributed by atoms with Gasteiger partial charge in [0.2, 0.25) is 0 Å². The van der Waals surface area contributed by atoms with E-state index in [1.54, 1.807) is 12.7 Å². The summed E-state index contributed by atoms with van der Waals surface area (Å²) < 4.78 is 0. The summed E-state index contributed by atoms with van der Waals surface area (Å²) in [6, 6.07) is 6.05. The molecule has 0 spiro atoms. The van der Waals surface area contributed by atoms with Crippen LogP contribution < -0.4 is 10.6 Å². The second-order valence-corrected chi connectivity index (χ2v) is 4.68. The average Bonchev–Trinajstić information content (AvgIpc) is 3.03. The zero-order valence-electron chi connectivity index (χ0n) is 10.2. The lowest BCUT2D eigenvalue weighted by molar-refractivity contribution is 0.858. The molecule has 0 bridgehead atoms. The zero-order chi connectivity index (χ0) is 12.8. The van der Waals surface area contributed by atoms with Crippen LogP contribution in [-0.4, -0.2) is 19.9 Å². The largest absolute Gasteiger partial charge is 0.399 e. The molecule has 3 N–H and O–H groups in total. The molecule has 3 aromatic rings. The molecule has 19 heavy (non-hydrogen) atoms. The number of aromatic nitrogens is 4. The van der Waals surface area contributed by atoms with Crippen LogP contribution in [0.1, 0.15) is 11.1 Å². The molecule has 6 nitrogen and oxygen atoms in total. The summed E-state index contributed by atoms with van der Waals surface area (Å²) in [5.41, 5.74) is 10.8. The first-order chi connectivity index (χ1) is 9.31. The van der Waals surface area contributed by atoms with Gasteiger partial charge in [-0.15, -0.1) is 0 Å². The fraction of sp³-hybridized carbons (Fsp3) is 0.154. The van der Waals surface area contributed by atoms with Crippen LogP contribution in [0.2, 0.25) is 0 Å². The molecule has 1 aliphatic heterocycles. The summed E-state index contributed by atoms with van der Waals surface area (Å²) in [6.07, 6.45) is 3.19. The number of aromatic amines is 1. The van der Waals surface area contributed by atoms with Gasteiger partial charge in [-0.1, -0.05) is 6.07 Å². The molecule has 0 saturated heterocycles. The molecule has 4 rings (SSSR count). The second-order valence-electron chi connectivity index (χ2n) is 4.68. The number of benzene rings is 1. The molecule has 6 heteroatoms. The highest BCUT2D eigenvalue weighted by Gasteiger charge is 2.22. The minimum atomic E-state index is 0.695. The summed E-state index contributed by atoms with van der Waals surface area (Å²) in [5.74, 6) is 0.886. The van der Waals surface area contributed by atoms with Crippen LogP contribution in [0.3, 0.4) is 0 Å². The Hall–Kier alpha value is -2.63. The monoisotopic (exact) mass is 252 g/mol. The number of fused-ring (bicyclic) bond motifs is 2. The predicted octanol–water partition coefficient (Wildman–Crippen LogP) is 1.46. The van der Waals surface area contributed by atoms with E-state index in [1.165, 1.54) is 11.1 Å². The van der Waals surface area contributed by atoms with E-state index in [0.717, 1.165) is 30.1 Å². The number of rotatable bonds is 1. The van der Waals surface area contributed by atoms with Crippen molar-refractivity contribution >= 4 is 22.7 Å². The molecule has 94 valence electrons. The maximum absolute atomic E-state index is 5.83. The van der Waals surface area contributed by atoms with Gasteiger partial charge in [0.1, 0.15) is 11.8 Å². The van der Waals surface area contributed by atoms with E-state index in [4.69, 9.17) is 5.73 Å². The topological polar surface area (TPSA) is 83.7 Å². The molecule has 0 radical (unpaired) electrons. The van der Waals surface area contributed by atoms with Crippen LogP contribution in [0.25, 0.3) is 11.2 Å². The van der Waals surface area contributed by atoms with Crippen LogP contribution in [0.5, 0.6) is 0 Å². The van der Waals surface area contributed by atoms with Crippen LogP contribution in [-0.2, 0) is 13.1 Å². The van der Waals surface area contributed by atoms with E-state index in [-0.39, 0.29) is 0 Å². The molecule has 1 aromatic carbocycles. The number of hydrogen-bond acceptors (Lipinski definition) is 5. The minimum Gasteiger partial charge on any atom is -0.399 e. The van der Waals surface area contributed by atoms with E-state index < -0.39 is 0 Å². The lowest BCUT2D eigenvalue weighted by atomic mass is 10.1. The highest BCUT2D eigenvalue weighted by atomic mass is 15.2. The summed E-state index contributed by atoms with van der Waals surface area (Å²) in [7, 11) is 0. The highest BCUT2D eigenvalue weighted by molar-refractivity contribution is 5.83. The van der Waals surface area contributed by atoms with Crippen molar-refractivity contribution in [3.8, 4) is 0 Å². The summed E-state index contributed by atoms with van der Waals surface area (Å²) >= 11 is 0. The second kappa shape index (κ2) is 3.68. The Kier molecular flexibility index (Phi) is 2.00. The predicted molar refractivity (Wildman–Crippen MR) is 72.4 cm³/mol. The fourth-order valence-corrected chi connectivity index (χ4v) is 2.56. The Bertz CT molecular complexity index is 763. The highest BCUT2D eigenvalue weighted by Crippen LogP contribution is 2.30. The third-order valence-corrected chi connectivity index (χ3v) is 3.46. The van der Waals surface area contributed by atoms with E-state index in [9.17, 15) is 0 Å². The molecule has 0 atom stereocenters. The van der Waals surface area contributed by atoms with Gasteiger partial charge in [0.25, 0.3) is 0 Å². The van der Waals surface area contributed by atoms with Gasteiger partial charge in [0.15, 0.2) is 11.5 Å². The Morgan fingerprint density at radius 2 is 2.00 bits per heavy atom. The third kappa shape index (κ3) is 1.53. The van der Waals surface area contributed by atoms with Crippen molar-refractivity contribution < 1.29 is 0 Å². The van der Waals surface area contributed by atoms with Crippen molar-refractivity contribution in [2.75, 3.05) is 10.6 Å². The van der Waals surface area contributed by atoms with Crippen LogP contribution in [0, 0.1) is 0 Å². The standard InChI is InChI=1S/C13H12N6/c14-10-2-1-8-4-19(5-9(8)3-10)13-11-12(16-6-15-11)17-7-18-13/h1-3,6-7H,4-5,14H2,(H,15,16,17,18). The van der Waals surface area contributed by atoms with E-state index >= 15 is 0 Å². The number of imidazole rings is 1. The molecule has 1 aliphatic rings. The quantitative estimate of drug-likeness (QED) is 0.640. The van der Waals surface area contributed by atoms with Gasteiger partial charge in [-0.2, -0.15) is 0 Å². The first kappa shape index (κ1) is 10.3. The Morgan fingerprint density at radius 1 is 1.11 bits per heavy atom. The van der Waals surface area contributed by atoms with Crippen molar-refractivity contribution in [2.45, 2.75) is 13.1 Å². The molecule has 0 fully saturated rings. The average molecular weight is 252 g/mol. The van der Waals surface area contributed by atoms with Crippen molar-refractivity contribution in [3.63, 3.8) is 0 Å².